The minimum absolute atomic E-state index is 0.111. The Morgan fingerprint density at radius 2 is 1.71 bits per heavy atom. The van der Waals surface area contributed by atoms with Crippen LogP contribution in [-0.2, 0) is 16.6 Å². The molecule has 0 atom stereocenters. The maximum absolute atomic E-state index is 13.6. The summed E-state index contributed by atoms with van der Waals surface area (Å²) < 4.78 is 65.9. The van der Waals surface area contributed by atoms with E-state index in [4.69, 9.17) is 0 Å². The van der Waals surface area contributed by atoms with E-state index in [-0.39, 0.29) is 16.6 Å². The summed E-state index contributed by atoms with van der Waals surface area (Å²) in [5.41, 5.74) is 0.111. The van der Waals surface area contributed by atoms with Crippen LogP contribution in [0.4, 0.5) is 13.2 Å². The molecular weight excluding hydrogens is 371 g/mol. The largest absolute Gasteiger partial charge is 0.244 e. The van der Waals surface area contributed by atoms with Crippen molar-refractivity contribution in [1.29, 1.82) is 0 Å². The van der Waals surface area contributed by atoms with Crippen molar-refractivity contribution in [3.8, 4) is 0 Å². The number of hydrogen-bond acceptors (Lipinski definition) is 2. The van der Waals surface area contributed by atoms with Crippen LogP contribution in [0.15, 0.2) is 45.8 Å². The molecule has 0 aliphatic heterocycles. The number of rotatable bonds is 4. The summed E-state index contributed by atoms with van der Waals surface area (Å²) in [6.07, 6.45) is 0. The van der Waals surface area contributed by atoms with Crippen LogP contribution in [0.3, 0.4) is 0 Å². The van der Waals surface area contributed by atoms with Crippen molar-refractivity contribution in [3.63, 3.8) is 0 Å². The molecule has 2 aromatic rings. The van der Waals surface area contributed by atoms with Gasteiger partial charge in [-0.25, -0.2) is 26.3 Å². The van der Waals surface area contributed by atoms with E-state index in [9.17, 15) is 21.6 Å². The molecule has 0 saturated carbocycles. The van der Waals surface area contributed by atoms with E-state index in [1.807, 2.05) is 0 Å². The fraction of sp³-hybridized carbons (Fsp3) is 0.0769. The maximum atomic E-state index is 13.6. The molecule has 0 aliphatic rings. The summed E-state index contributed by atoms with van der Waals surface area (Å²) in [5.74, 6) is -2.73. The summed E-state index contributed by atoms with van der Waals surface area (Å²) in [6, 6.07) is 6.87. The van der Waals surface area contributed by atoms with Gasteiger partial charge in [-0.15, -0.1) is 0 Å². The van der Waals surface area contributed by atoms with Crippen LogP contribution in [0.5, 0.6) is 0 Å². The van der Waals surface area contributed by atoms with Crippen molar-refractivity contribution in [3.05, 3.63) is 63.9 Å². The third-order valence-electron chi connectivity index (χ3n) is 2.64. The smallest absolute Gasteiger partial charge is 0.207 e. The molecule has 21 heavy (non-hydrogen) atoms. The zero-order valence-corrected chi connectivity index (χ0v) is 12.8. The molecule has 0 spiro atoms. The van der Waals surface area contributed by atoms with Gasteiger partial charge in [-0.3, -0.25) is 0 Å². The van der Waals surface area contributed by atoms with Crippen molar-refractivity contribution >= 4 is 26.0 Å². The van der Waals surface area contributed by atoms with Crippen molar-refractivity contribution in [2.45, 2.75) is 11.4 Å². The van der Waals surface area contributed by atoms with Crippen molar-refractivity contribution in [2.24, 2.45) is 0 Å². The molecule has 0 saturated heterocycles. The molecule has 3 nitrogen and oxygen atoms in total. The van der Waals surface area contributed by atoms with Gasteiger partial charge in [-0.2, -0.15) is 0 Å². The van der Waals surface area contributed by atoms with Crippen LogP contribution in [0.2, 0.25) is 0 Å². The minimum atomic E-state index is -4.26. The molecule has 0 radical (unpaired) electrons. The summed E-state index contributed by atoms with van der Waals surface area (Å²) >= 11 is 2.80. The molecule has 0 aliphatic carbocycles. The molecule has 112 valence electrons. The number of sulfonamides is 1. The Kier molecular flexibility index (Phi) is 4.70. The second-order valence-corrected chi connectivity index (χ2v) is 6.67. The van der Waals surface area contributed by atoms with E-state index >= 15 is 0 Å². The van der Waals surface area contributed by atoms with Crippen molar-refractivity contribution in [2.75, 3.05) is 0 Å². The fourth-order valence-corrected chi connectivity index (χ4v) is 3.84. The lowest BCUT2D eigenvalue weighted by molar-refractivity contribution is 0.539. The Morgan fingerprint density at radius 3 is 2.33 bits per heavy atom. The summed E-state index contributed by atoms with van der Waals surface area (Å²) in [6.45, 7) is -0.349. The first kappa shape index (κ1) is 16.0. The molecule has 8 heteroatoms. The summed E-state index contributed by atoms with van der Waals surface area (Å²) in [4.78, 5) is -0.722. The van der Waals surface area contributed by atoms with Crippen molar-refractivity contribution < 1.29 is 21.6 Å². The van der Waals surface area contributed by atoms with Crippen LogP contribution >= 0.6 is 15.9 Å². The Morgan fingerprint density at radius 1 is 1.05 bits per heavy atom. The molecule has 0 amide bonds. The van der Waals surface area contributed by atoms with E-state index in [2.05, 4.69) is 20.7 Å². The fourth-order valence-electron chi connectivity index (χ4n) is 1.67. The molecule has 0 aromatic heterocycles. The predicted octanol–water partition coefficient (Wildman–Crippen LogP) is 3.34. The van der Waals surface area contributed by atoms with Crippen LogP contribution < -0.4 is 4.72 Å². The highest BCUT2D eigenvalue weighted by Crippen LogP contribution is 2.26. The number of hydrogen-bond donors (Lipinski definition) is 1. The second kappa shape index (κ2) is 6.17. The van der Waals surface area contributed by atoms with E-state index in [0.717, 1.165) is 6.07 Å². The summed E-state index contributed by atoms with van der Waals surface area (Å²) in [7, 11) is -4.26. The Bertz CT molecular complexity index is 758. The lowest BCUT2D eigenvalue weighted by atomic mass is 10.2. The minimum Gasteiger partial charge on any atom is -0.207 e. The molecule has 1 N–H and O–H groups in total. The normalized spacial score (nSPS) is 11.6. The number of benzene rings is 2. The van der Waals surface area contributed by atoms with Gasteiger partial charge in [0.1, 0.15) is 22.3 Å². The monoisotopic (exact) mass is 379 g/mol. The third-order valence-corrected chi connectivity index (χ3v) is 5.01. The van der Waals surface area contributed by atoms with E-state index in [0.29, 0.717) is 6.07 Å². The molecular formula is C13H9BrF3NO2S. The quantitative estimate of drug-likeness (QED) is 0.885. The van der Waals surface area contributed by atoms with Gasteiger partial charge in [-0.05, 0) is 28.1 Å². The zero-order chi connectivity index (χ0) is 15.6. The highest BCUT2D eigenvalue weighted by atomic mass is 79.9. The second-order valence-electron chi connectivity index (χ2n) is 4.11. The predicted molar refractivity (Wildman–Crippen MR) is 74.5 cm³/mol. The van der Waals surface area contributed by atoms with Crippen LogP contribution in [0.25, 0.3) is 0 Å². The van der Waals surface area contributed by atoms with E-state index < -0.39 is 32.4 Å². The van der Waals surface area contributed by atoms with Gasteiger partial charge >= 0.3 is 0 Å². The van der Waals surface area contributed by atoms with Gasteiger partial charge in [0.25, 0.3) is 0 Å². The van der Waals surface area contributed by atoms with Gasteiger partial charge < -0.3 is 0 Å². The lowest BCUT2D eigenvalue weighted by Crippen LogP contribution is -2.25. The van der Waals surface area contributed by atoms with Crippen LogP contribution in [0.1, 0.15) is 5.56 Å². The first-order chi connectivity index (χ1) is 9.81. The van der Waals surface area contributed by atoms with Gasteiger partial charge in [0.15, 0.2) is 0 Å². The molecule has 0 fully saturated rings. The van der Waals surface area contributed by atoms with Crippen molar-refractivity contribution in [1.82, 2.24) is 4.72 Å². The Labute approximate surface area is 128 Å². The third kappa shape index (κ3) is 3.63. The first-order valence-corrected chi connectivity index (χ1v) is 7.96. The van der Waals surface area contributed by atoms with Gasteiger partial charge in [-0.1, -0.05) is 18.2 Å². The highest BCUT2D eigenvalue weighted by Gasteiger charge is 2.23. The average molecular weight is 380 g/mol. The number of nitrogens with one attached hydrogen (secondary N) is 1. The molecule has 0 heterocycles. The van der Waals surface area contributed by atoms with Crippen LogP contribution in [-0.4, -0.2) is 8.42 Å². The average Bonchev–Trinajstić information content (AvgIpc) is 2.36. The molecule has 0 unspecified atom stereocenters. The SMILES string of the molecule is O=S(=O)(NCc1ccccc1F)c1c(F)cc(F)cc1Br. The molecule has 0 bridgehead atoms. The number of halogens is 4. The zero-order valence-electron chi connectivity index (χ0n) is 10.4. The lowest BCUT2D eigenvalue weighted by Gasteiger charge is -2.10. The van der Waals surface area contributed by atoms with E-state index in [1.54, 1.807) is 6.07 Å². The van der Waals surface area contributed by atoms with Gasteiger partial charge in [0.2, 0.25) is 10.0 Å². The Hall–Kier alpha value is -1.38. The molecule has 2 rings (SSSR count). The van der Waals surface area contributed by atoms with Gasteiger partial charge in [0.05, 0.1) is 0 Å². The van der Waals surface area contributed by atoms with Gasteiger partial charge in [0, 0.05) is 22.6 Å². The summed E-state index contributed by atoms with van der Waals surface area (Å²) in [5, 5.41) is 0. The standard InChI is InChI=1S/C13H9BrF3NO2S/c14-10-5-9(15)6-12(17)13(10)21(19,20)18-7-8-3-1-2-4-11(8)16/h1-6,18H,7H2. The van der Waals surface area contributed by atoms with Crippen LogP contribution in [0, 0.1) is 17.5 Å². The Balaban J connectivity index is 2.30. The highest BCUT2D eigenvalue weighted by molar-refractivity contribution is 9.10. The first-order valence-electron chi connectivity index (χ1n) is 5.69. The topological polar surface area (TPSA) is 46.2 Å². The molecule has 2 aromatic carbocycles. The maximum Gasteiger partial charge on any atom is 0.244 e. The van der Waals surface area contributed by atoms with E-state index in [1.165, 1.54) is 18.2 Å².